The lowest BCUT2D eigenvalue weighted by atomic mass is 10.1. The SMILES string of the molecule is COc1cc2c(cc1OC)C[CH]C2. The number of fused-ring (bicyclic) bond motifs is 1. The zero-order chi connectivity index (χ0) is 9.26. The van der Waals surface area contributed by atoms with E-state index in [9.17, 15) is 0 Å². The van der Waals surface area contributed by atoms with E-state index < -0.39 is 0 Å². The second kappa shape index (κ2) is 3.29. The fraction of sp³-hybridized carbons (Fsp3) is 0.364. The normalized spacial score (nSPS) is 14.0. The van der Waals surface area contributed by atoms with Crippen molar-refractivity contribution in [2.24, 2.45) is 0 Å². The summed E-state index contributed by atoms with van der Waals surface area (Å²) in [5, 5.41) is 0. The van der Waals surface area contributed by atoms with Crippen molar-refractivity contribution in [1.29, 1.82) is 0 Å². The molecule has 0 aliphatic heterocycles. The first-order valence-corrected chi connectivity index (χ1v) is 4.40. The van der Waals surface area contributed by atoms with Gasteiger partial charge in [-0.15, -0.1) is 0 Å². The second-order valence-electron chi connectivity index (χ2n) is 3.17. The molecule has 1 radical (unpaired) electrons. The first kappa shape index (κ1) is 8.42. The third-order valence-electron chi connectivity index (χ3n) is 2.43. The number of methoxy groups -OCH3 is 2. The van der Waals surface area contributed by atoms with Crippen LogP contribution in [0.4, 0.5) is 0 Å². The maximum absolute atomic E-state index is 5.22. The van der Waals surface area contributed by atoms with E-state index in [-0.39, 0.29) is 0 Å². The third-order valence-corrected chi connectivity index (χ3v) is 2.43. The molecule has 2 rings (SSSR count). The standard InChI is InChI=1S/C11H13O2/c1-12-10-6-8-4-3-5-9(8)7-11(10)13-2/h3,6-7H,4-5H2,1-2H3. The maximum atomic E-state index is 5.22. The molecule has 0 unspecified atom stereocenters. The van der Waals surface area contributed by atoms with Gasteiger partial charge in [-0.05, 0) is 42.5 Å². The van der Waals surface area contributed by atoms with E-state index in [0.717, 1.165) is 24.3 Å². The van der Waals surface area contributed by atoms with Crippen LogP contribution in [-0.4, -0.2) is 14.2 Å². The van der Waals surface area contributed by atoms with E-state index in [0.29, 0.717) is 0 Å². The summed E-state index contributed by atoms with van der Waals surface area (Å²) in [5.74, 6) is 1.66. The fourth-order valence-electron chi connectivity index (χ4n) is 1.73. The summed E-state index contributed by atoms with van der Waals surface area (Å²) in [6.45, 7) is 0. The molecule has 0 saturated heterocycles. The molecule has 0 fully saturated rings. The molecule has 1 aliphatic carbocycles. The second-order valence-corrected chi connectivity index (χ2v) is 3.17. The van der Waals surface area contributed by atoms with E-state index in [1.165, 1.54) is 11.1 Å². The minimum Gasteiger partial charge on any atom is -0.493 e. The van der Waals surface area contributed by atoms with Crippen LogP contribution in [0.15, 0.2) is 12.1 Å². The summed E-state index contributed by atoms with van der Waals surface area (Å²) >= 11 is 0. The zero-order valence-corrected chi connectivity index (χ0v) is 7.96. The molecule has 1 aromatic rings. The Labute approximate surface area is 78.5 Å². The topological polar surface area (TPSA) is 18.5 Å². The first-order valence-electron chi connectivity index (χ1n) is 4.40. The van der Waals surface area contributed by atoms with Gasteiger partial charge in [-0.1, -0.05) is 0 Å². The summed E-state index contributed by atoms with van der Waals surface area (Å²) < 4.78 is 10.4. The van der Waals surface area contributed by atoms with Crippen molar-refractivity contribution in [3.05, 3.63) is 29.7 Å². The van der Waals surface area contributed by atoms with Crippen molar-refractivity contribution in [2.45, 2.75) is 12.8 Å². The quantitative estimate of drug-likeness (QED) is 0.688. The highest BCUT2D eigenvalue weighted by Gasteiger charge is 2.15. The zero-order valence-electron chi connectivity index (χ0n) is 7.96. The number of rotatable bonds is 2. The molecular formula is C11H13O2. The average Bonchev–Trinajstić information content (AvgIpc) is 2.62. The van der Waals surface area contributed by atoms with Gasteiger partial charge in [0.15, 0.2) is 11.5 Å². The van der Waals surface area contributed by atoms with Crippen molar-refractivity contribution in [2.75, 3.05) is 14.2 Å². The van der Waals surface area contributed by atoms with E-state index in [2.05, 4.69) is 18.6 Å². The van der Waals surface area contributed by atoms with E-state index in [1.807, 2.05) is 0 Å². The van der Waals surface area contributed by atoms with Gasteiger partial charge in [-0.25, -0.2) is 0 Å². The van der Waals surface area contributed by atoms with Gasteiger partial charge in [-0.2, -0.15) is 0 Å². The van der Waals surface area contributed by atoms with E-state index >= 15 is 0 Å². The lowest BCUT2D eigenvalue weighted by molar-refractivity contribution is 0.354. The number of hydrogen-bond acceptors (Lipinski definition) is 2. The van der Waals surface area contributed by atoms with Crippen molar-refractivity contribution >= 4 is 0 Å². The molecular weight excluding hydrogens is 164 g/mol. The molecule has 0 saturated carbocycles. The molecule has 0 N–H and O–H groups in total. The molecule has 0 amide bonds. The van der Waals surface area contributed by atoms with Crippen molar-refractivity contribution in [1.82, 2.24) is 0 Å². The Morgan fingerprint density at radius 2 is 1.38 bits per heavy atom. The molecule has 0 atom stereocenters. The summed E-state index contributed by atoms with van der Waals surface area (Å²) in [4.78, 5) is 0. The average molecular weight is 177 g/mol. The monoisotopic (exact) mass is 177 g/mol. The van der Waals surface area contributed by atoms with Crippen LogP contribution >= 0.6 is 0 Å². The van der Waals surface area contributed by atoms with Gasteiger partial charge in [0.1, 0.15) is 0 Å². The van der Waals surface area contributed by atoms with Gasteiger partial charge in [0.25, 0.3) is 0 Å². The molecule has 0 spiro atoms. The minimum absolute atomic E-state index is 0.830. The van der Waals surface area contributed by atoms with Gasteiger partial charge in [0, 0.05) is 0 Å². The van der Waals surface area contributed by atoms with Crippen LogP contribution in [0.5, 0.6) is 11.5 Å². The van der Waals surface area contributed by atoms with Gasteiger partial charge >= 0.3 is 0 Å². The molecule has 0 heterocycles. The Hall–Kier alpha value is -1.18. The smallest absolute Gasteiger partial charge is 0.161 e. The summed E-state index contributed by atoms with van der Waals surface area (Å²) in [6.07, 6.45) is 4.37. The molecule has 2 nitrogen and oxygen atoms in total. The van der Waals surface area contributed by atoms with Crippen molar-refractivity contribution in [3.8, 4) is 11.5 Å². The predicted molar refractivity (Wildman–Crippen MR) is 51.3 cm³/mol. The van der Waals surface area contributed by atoms with Crippen molar-refractivity contribution < 1.29 is 9.47 Å². The van der Waals surface area contributed by atoms with E-state index in [4.69, 9.17) is 9.47 Å². The Morgan fingerprint density at radius 1 is 0.923 bits per heavy atom. The fourth-order valence-corrected chi connectivity index (χ4v) is 1.73. The van der Waals surface area contributed by atoms with Crippen LogP contribution in [0.3, 0.4) is 0 Å². The van der Waals surface area contributed by atoms with E-state index in [1.54, 1.807) is 14.2 Å². The highest BCUT2D eigenvalue weighted by molar-refractivity contribution is 5.50. The van der Waals surface area contributed by atoms with Crippen LogP contribution in [0.1, 0.15) is 11.1 Å². The van der Waals surface area contributed by atoms with Crippen LogP contribution in [0.2, 0.25) is 0 Å². The minimum atomic E-state index is 0.830. The largest absolute Gasteiger partial charge is 0.493 e. The molecule has 1 aliphatic rings. The van der Waals surface area contributed by atoms with Gasteiger partial charge in [0.05, 0.1) is 14.2 Å². The van der Waals surface area contributed by atoms with Crippen molar-refractivity contribution in [3.63, 3.8) is 0 Å². The van der Waals surface area contributed by atoms with Gasteiger partial charge in [0.2, 0.25) is 0 Å². The lowest BCUT2D eigenvalue weighted by Crippen LogP contribution is -1.93. The summed E-state index contributed by atoms with van der Waals surface area (Å²) in [5.41, 5.74) is 2.72. The Balaban J connectivity index is 2.47. The first-order chi connectivity index (χ1) is 6.35. The third kappa shape index (κ3) is 1.37. The Kier molecular flexibility index (Phi) is 2.13. The molecule has 2 heteroatoms. The Morgan fingerprint density at radius 3 is 1.77 bits per heavy atom. The van der Waals surface area contributed by atoms with Gasteiger partial charge < -0.3 is 9.47 Å². The highest BCUT2D eigenvalue weighted by Crippen LogP contribution is 2.34. The lowest BCUT2D eigenvalue weighted by Gasteiger charge is -2.09. The molecule has 69 valence electrons. The Bertz CT molecular complexity index is 287. The summed E-state index contributed by atoms with van der Waals surface area (Å²) in [7, 11) is 3.34. The highest BCUT2D eigenvalue weighted by atomic mass is 16.5. The molecule has 0 bridgehead atoms. The van der Waals surface area contributed by atoms with Crippen LogP contribution in [-0.2, 0) is 12.8 Å². The molecule has 13 heavy (non-hydrogen) atoms. The van der Waals surface area contributed by atoms with Crippen LogP contribution < -0.4 is 9.47 Å². The van der Waals surface area contributed by atoms with Crippen LogP contribution in [0, 0.1) is 6.42 Å². The van der Waals surface area contributed by atoms with Crippen LogP contribution in [0.25, 0.3) is 0 Å². The van der Waals surface area contributed by atoms with Gasteiger partial charge in [-0.3, -0.25) is 0 Å². The summed E-state index contributed by atoms with van der Waals surface area (Å²) in [6, 6.07) is 4.13. The maximum Gasteiger partial charge on any atom is 0.161 e. The number of benzene rings is 1. The number of hydrogen-bond donors (Lipinski definition) is 0. The molecule has 1 aromatic carbocycles. The predicted octanol–water partition coefficient (Wildman–Crippen LogP) is 2.01. The molecule has 0 aromatic heterocycles. The number of ether oxygens (including phenoxy) is 2.